The molecule has 1 aromatic rings. The summed E-state index contributed by atoms with van der Waals surface area (Å²) < 4.78 is 11.1. The Morgan fingerprint density at radius 1 is 1.19 bits per heavy atom. The Bertz CT molecular complexity index is 396. The molecule has 88 valence electrons. The zero-order valence-corrected chi connectivity index (χ0v) is 10.0. The van der Waals surface area contributed by atoms with Crippen molar-refractivity contribution in [1.29, 1.82) is 0 Å². The minimum Gasteiger partial charge on any atom is -0.486 e. The van der Waals surface area contributed by atoms with Crippen molar-refractivity contribution in [3.63, 3.8) is 0 Å². The van der Waals surface area contributed by atoms with E-state index in [4.69, 9.17) is 9.47 Å². The minimum atomic E-state index is -0.250. The Hall–Kier alpha value is -1.22. The van der Waals surface area contributed by atoms with Gasteiger partial charge in [-0.05, 0) is 30.2 Å². The van der Waals surface area contributed by atoms with Crippen molar-refractivity contribution in [2.75, 3.05) is 19.8 Å². The van der Waals surface area contributed by atoms with Crippen molar-refractivity contribution < 1.29 is 14.6 Å². The van der Waals surface area contributed by atoms with E-state index >= 15 is 0 Å². The van der Waals surface area contributed by atoms with Crippen LogP contribution in [0.25, 0.3) is 0 Å². The molecule has 2 rings (SSSR count). The zero-order valence-electron chi connectivity index (χ0n) is 10.0. The number of ether oxygens (including phenoxy) is 2. The molecule has 3 nitrogen and oxygen atoms in total. The summed E-state index contributed by atoms with van der Waals surface area (Å²) in [5, 5.41) is 9.40. The molecule has 0 atom stereocenters. The normalized spacial score (nSPS) is 15.0. The van der Waals surface area contributed by atoms with Crippen molar-refractivity contribution in [3.05, 3.63) is 23.3 Å². The van der Waals surface area contributed by atoms with Crippen LogP contribution in [0.5, 0.6) is 11.5 Å². The van der Waals surface area contributed by atoms with Gasteiger partial charge in [-0.25, -0.2) is 0 Å². The quantitative estimate of drug-likeness (QED) is 0.832. The Balaban J connectivity index is 2.47. The molecule has 0 fully saturated rings. The molecule has 0 unspecified atom stereocenters. The van der Waals surface area contributed by atoms with E-state index in [0.717, 1.165) is 22.6 Å². The lowest BCUT2D eigenvalue weighted by Crippen LogP contribution is -2.24. The summed E-state index contributed by atoms with van der Waals surface area (Å²) >= 11 is 0. The largest absolute Gasteiger partial charge is 0.486 e. The van der Waals surface area contributed by atoms with E-state index in [1.54, 1.807) is 0 Å². The van der Waals surface area contributed by atoms with E-state index in [9.17, 15) is 5.11 Å². The van der Waals surface area contributed by atoms with Crippen LogP contribution in [-0.2, 0) is 5.41 Å². The highest BCUT2D eigenvalue weighted by Gasteiger charge is 2.24. The minimum absolute atomic E-state index is 0.119. The van der Waals surface area contributed by atoms with Gasteiger partial charge in [-0.2, -0.15) is 0 Å². The summed E-state index contributed by atoms with van der Waals surface area (Å²) in [4.78, 5) is 0. The molecule has 1 heterocycles. The van der Waals surface area contributed by atoms with E-state index in [2.05, 4.69) is 0 Å². The van der Waals surface area contributed by atoms with Crippen molar-refractivity contribution in [1.82, 2.24) is 0 Å². The maximum Gasteiger partial charge on any atom is 0.161 e. The topological polar surface area (TPSA) is 38.7 Å². The first-order chi connectivity index (χ1) is 7.54. The number of fused-ring (bicyclic) bond motifs is 1. The lowest BCUT2D eigenvalue weighted by molar-refractivity contribution is 0.170. The Morgan fingerprint density at radius 3 is 2.31 bits per heavy atom. The predicted octanol–water partition coefficient (Wildman–Crippen LogP) is 2.04. The van der Waals surface area contributed by atoms with Gasteiger partial charge in [0.15, 0.2) is 11.5 Å². The first-order valence-electron chi connectivity index (χ1n) is 5.56. The zero-order chi connectivity index (χ0) is 11.8. The standard InChI is InChI=1S/C13H18O3/c1-9-6-11-12(16-5-4-15-11)7-10(9)13(2,3)8-14/h6-7,14H,4-5,8H2,1-3H3. The lowest BCUT2D eigenvalue weighted by Gasteiger charge is -2.27. The van der Waals surface area contributed by atoms with E-state index in [1.165, 1.54) is 0 Å². The molecular weight excluding hydrogens is 204 g/mol. The molecule has 0 saturated carbocycles. The van der Waals surface area contributed by atoms with Crippen molar-refractivity contribution in [2.45, 2.75) is 26.2 Å². The van der Waals surface area contributed by atoms with Crippen LogP contribution in [0.4, 0.5) is 0 Å². The molecule has 0 aliphatic carbocycles. The molecule has 1 aliphatic heterocycles. The lowest BCUT2D eigenvalue weighted by atomic mass is 9.82. The van der Waals surface area contributed by atoms with E-state index < -0.39 is 0 Å². The molecule has 1 aromatic carbocycles. The average molecular weight is 222 g/mol. The molecule has 0 amide bonds. The second-order valence-corrected chi connectivity index (χ2v) is 4.85. The highest BCUT2D eigenvalue weighted by Crippen LogP contribution is 2.37. The number of aliphatic hydroxyl groups excluding tert-OH is 1. The first kappa shape index (κ1) is 11.3. The van der Waals surface area contributed by atoms with E-state index in [-0.39, 0.29) is 12.0 Å². The van der Waals surface area contributed by atoms with Crippen LogP contribution < -0.4 is 9.47 Å². The molecule has 0 bridgehead atoms. The van der Waals surface area contributed by atoms with Crippen molar-refractivity contribution in [2.24, 2.45) is 0 Å². The summed E-state index contributed by atoms with van der Waals surface area (Å²) in [5.41, 5.74) is 1.99. The number of rotatable bonds is 2. The van der Waals surface area contributed by atoms with Crippen LogP contribution in [0, 0.1) is 6.92 Å². The van der Waals surface area contributed by atoms with Gasteiger partial charge >= 0.3 is 0 Å². The fourth-order valence-electron chi connectivity index (χ4n) is 2.00. The van der Waals surface area contributed by atoms with Gasteiger partial charge in [0.25, 0.3) is 0 Å². The van der Waals surface area contributed by atoms with Crippen molar-refractivity contribution in [3.8, 4) is 11.5 Å². The first-order valence-corrected chi connectivity index (χ1v) is 5.56. The molecule has 0 aromatic heterocycles. The van der Waals surface area contributed by atoms with Crippen LogP contribution in [0.2, 0.25) is 0 Å². The third-order valence-electron chi connectivity index (χ3n) is 3.01. The molecular formula is C13H18O3. The summed E-state index contributed by atoms with van der Waals surface area (Å²) in [5.74, 6) is 1.59. The van der Waals surface area contributed by atoms with Crippen LogP contribution in [0.15, 0.2) is 12.1 Å². The molecule has 0 spiro atoms. The van der Waals surface area contributed by atoms with E-state index in [1.807, 2.05) is 32.9 Å². The number of aryl methyl sites for hydroxylation is 1. The number of hydrogen-bond donors (Lipinski definition) is 1. The number of benzene rings is 1. The second-order valence-electron chi connectivity index (χ2n) is 4.85. The molecule has 3 heteroatoms. The third-order valence-corrected chi connectivity index (χ3v) is 3.01. The maximum absolute atomic E-state index is 9.40. The maximum atomic E-state index is 9.40. The SMILES string of the molecule is Cc1cc2c(cc1C(C)(C)CO)OCCO2. The summed E-state index contributed by atoms with van der Waals surface area (Å²) in [7, 11) is 0. The monoisotopic (exact) mass is 222 g/mol. The second kappa shape index (κ2) is 3.98. The summed E-state index contributed by atoms with van der Waals surface area (Å²) in [6.45, 7) is 7.39. The molecule has 0 radical (unpaired) electrons. The van der Waals surface area contributed by atoms with Gasteiger partial charge in [-0.3, -0.25) is 0 Å². The van der Waals surface area contributed by atoms with Gasteiger partial charge in [0.2, 0.25) is 0 Å². The van der Waals surface area contributed by atoms with Gasteiger partial charge in [-0.1, -0.05) is 13.8 Å². The van der Waals surface area contributed by atoms with Crippen LogP contribution in [0.3, 0.4) is 0 Å². The highest BCUT2D eigenvalue weighted by atomic mass is 16.6. The van der Waals surface area contributed by atoms with Gasteiger partial charge in [0.1, 0.15) is 13.2 Å². The van der Waals surface area contributed by atoms with Crippen LogP contribution in [-0.4, -0.2) is 24.9 Å². The summed E-state index contributed by atoms with van der Waals surface area (Å²) in [6.07, 6.45) is 0. The Kier molecular flexibility index (Phi) is 2.80. The molecule has 0 saturated heterocycles. The number of hydrogen-bond acceptors (Lipinski definition) is 3. The van der Waals surface area contributed by atoms with Gasteiger partial charge in [0, 0.05) is 5.41 Å². The van der Waals surface area contributed by atoms with Gasteiger partial charge < -0.3 is 14.6 Å². The molecule has 1 aliphatic rings. The molecule has 16 heavy (non-hydrogen) atoms. The molecule has 1 N–H and O–H groups in total. The highest BCUT2D eigenvalue weighted by molar-refractivity contribution is 5.49. The van der Waals surface area contributed by atoms with Crippen LogP contribution >= 0.6 is 0 Å². The van der Waals surface area contributed by atoms with Gasteiger partial charge in [-0.15, -0.1) is 0 Å². The summed E-state index contributed by atoms with van der Waals surface area (Å²) in [6, 6.07) is 3.97. The van der Waals surface area contributed by atoms with Crippen LogP contribution in [0.1, 0.15) is 25.0 Å². The predicted molar refractivity (Wildman–Crippen MR) is 62.3 cm³/mol. The van der Waals surface area contributed by atoms with E-state index in [0.29, 0.717) is 13.2 Å². The van der Waals surface area contributed by atoms with Gasteiger partial charge in [0.05, 0.1) is 6.61 Å². The number of aliphatic hydroxyl groups is 1. The fraction of sp³-hybridized carbons (Fsp3) is 0.538. The third kappa shape index (κ3) is 1.87. The smallest absolute Gasteiger partial charge is 0.161 e. The fourth-order valence-corrected chi connectivity index (χ4v) is 2.00. The average Bonchev–Trinajstić information content (AvgIpc) is 2.28. The Labute approximate surface area is 96.0 Å². The Morgan fingerprint density at radius 2 is 1.75 bits per heavy atom. The van der Waals surface area contributed by atoms with Crippen molar-refractivity contribution >= 4 is 0 Å².